The largest absolute Gasteiger partial charge is 0.0843 e. The van der Waals surface area contributed by atoms with Crippen LogP contribution in [0.25, 0.3) is 0 Å². The third kappa shape index (κ3) is 7.18. The van der Waals surface area contributed by atoms with E-state index >= 15 is 0 Å². The van der Waals surface area contributed by atoms with Crippen LogP contribution in [-0.2, 0) is 0 Å². The summed E-state index contributed by atoms with van der Waals surface area (Å²) in [5.41, 5.74) is 0. The number of rotatable bonds is 0. The minimum absolute atomic E-state index is 0.0278. The SMILES string of the molecule is ClPCl.Clc1cccc(Cl)c1. The molecule has 11 heavy (non-hydrogen) atoms. The van der Waals surface area contributed by atoms with Gasteiger partial charge in [-0.3, -0.25) is 0 Å². The van der Waals surface area contributed by atoms with E-state index in [9.17, 15) is 0 Å². The van der Waals surface area contributed by atoms with Crippen LogP contribution in [0, 0.1) is 0 Å². The fourth-order valence-electron chi connectivity index (χ4n) is 0.460. The van der Waals surface area contributed by atoms with Crippen molar-refractivity contribution in [1.29, 1.82) is 0 Å². The van der Waals surface area contributed by atoms with Gasteiger partial charge in [0.2, 0.25) is 0 Å². The van der Waals surface area contributed by atoms with Gasteiger partial charge in [-0.1, -0.05) is 51.7 Å². The zero-order chi connectivity index (χ0) is 8.69. The van der Waals surface area contributed by atoms with Crippen LogP contribution in [0.1, 0.15) is 0 Å². The molecule has 1 aromatic carbocycles. The Bertz CT molecular complexity index is 186. The van der Waals surface area contributed by atoms with Crippen LogP contribution in [0.3, 0.4) is 0 Å². The highest BCUT2D eigenvalue weighted by Gasteiger charge is 1.84. The zero-order valence-electron chi connectivity index (χ0n) is 5.32. The quantitative estimate of drug-likeness (QED) is 0.570. The molecular formula is C6H5Cl4P. The number of halogens is 4. The molecule has 0 bridgehead atoms. The van der Waals surface area contributed by atoms with E-state index in [4.69, 9.17) is 45.7 Å². The molecule has 0 amide bonds. The molecule has 5 heteroatoms. The maximum Gasteiger partial charge on any atom is 0.0713 e. The summed E-state index contributed by atoms with van der Waals surface area (Å²) in [5, 5.41) is 1.36. The predicted molar refractivity (Wildman–Crippen MR) is 56.5 cm³/mol. The second-order valence-electron chi connectivity index (χ2n) is 1.51. The summed E-state index contributed by atoms with van der Waals surface area (Å²) in [5.74, 6) is 0. The van der Waals surface area contributed by atoms with Crippen molar-refractivity contribution in [2.24, 2.45) is 0 Å². The Kier molecular flexibility index (Phi) is 8.01. The highest BCUT2D eigenvalue weighted by atomic mass is 35.9. The standard InChI is InChI=1S/C6H4Cl2.Cl2HP/c7-5-2-1-3-6(8)4-5;1-3-2/h1-4H;3H. The molecule has 0 fully saturated rings. The van der Waals surface area contributed by atoms with Gasteiger partial charge in [0.15, 0.2) is 0 Å². The third-order valence-corrected chi connectivity index (χ3v) is 1.26. The smallest absolute Gasteiger partial charge is 0.0713 e. The average molecular weight is 250 g/mol. The van der Waals surface area contributed by atoms with E-state index in [2.05, 4.69) is 0 Å². The summed E-state index contributed by atoms with van der Waals surface area (Å²) < 4.78 is 0. The molecule has 1 rings (SSSR count). The van der Waals surface area contributed by atoms with Gasteiger partial charge in [-0.25, -0.2) is 0 Å². The van der Waals surface area contributed by atoms with E-state index in [-0.39, 0.29) is 7.29 Å². The van der Waals surface area contributed by atoms with Gasteiger partial charge in [-0.15, -0.1) is 0 Å². The Labute approximate surface area is 87.1 Å². The molecule has 0 N–H and O–H groups in total. The minimum Gasteiger partial charge on any atom is -0.0843 e. The lowest BCUT2D eigenvalue weighted by Gasteiger charge is -1.86. The molecule has 0 aliphatic carbocycles. The van der Waals surface area contributed by atoms with Crippen molar-refractivity contribution >= 4 is 53.0 Å². The molecule has 0 nitrogen and oxygen atoms in total. The van der Waals surface area contributed by atoms with E-state index < -0.39 is 0 Å². The maximum atomic E-state index is 5.56. The minimum atomic E-state index is 0.0278. The molecule has 0 atom stereocenters. The van der Waals surface area contributed by atoms with E-state index in [0.29, 0.717) is 10.0 Å². The highest BCUT2D eigenvalue weighted by molar-refractivity contribution is 7.90. The summed E-state index contributed by atoms with van der Waals surface area (Å²) in [4.78, 5) is 0. The molecule has 0 radical (unpaired) electrons. The molecule has 1 aromatic rings. The maximum absolute atomic E-state index is 5.56. The van der Waals surface area contributed by atoms with Gasteiger partial charge in [0.1, 0.15) is 0 Å². The number of hydrogen-bond acceptors (Lipinski definition) is 0. The van der Waals surface area contributed by atoms with Gasteiger partial charge >= 0.3 is 0 Å². The Balaban J connectivity index is 0.000000292. The van der Waals surface area contributed by atoms with Crippen molar-refractivity contribution in [2.75, 3.05) is 0 Å². The summed E-state index contributed by atoms with van der Waals surface area (Å²) in [6.07, 6.45) is 0. The summed E-state index contributed by atoms with van der Waals surface area (Å²) in [6, 6.07) is 7.08. The van der Waals surface area contributed by atoms with Crippen LogP contribution < -0.4 is 0 Å². The molecule has 0 unspecified atom stereocenters. The molecule has 0 heterocycles. The normalized spacial score (nSPS) is 8.36. The van der Waals surface area contributed by atoms with E-state index in [0.717, 1.165) is 0 Å². The molecule has 0 aromatic heterocycles. The lowest BCUT2D eigenvalue weighted by atomic mass is 10.4. The van der Waals surface area contributed by atoms with Crippen molar-refractivity contribution in [3.05, 3.63) is 34.3 Å². The van der Waals surface area contributed by atoms with E-state index in [1.807, 2.05) is 6.07 Å². The third-order valence-electron chi connectivity index (χ3n) is 0.787. The second-order valence-corrected chi connectivity index (χ2v) is 4.24. The van der Waals surface area contributed by atoms with Crippen LogP contribution in [0.5, 0.6) is 0 Å². The first-order valence-electron chi connectivity index (χ1n) is 2.58. The first kappa shape index (κ1) is 11.8. The van der Waals surface area contributed by atoms with Crippen molar-refractivity contribution in [1.82, 2.24) is 0 Å². The van der Waals surface area contributed by atoms with Gasteiger partial charge in [0.05, 0.1) is 7.29 Å². The van der Waals surface area contributed by atoms with Gasteiger partial charge in [-0.05, 0) is 18.2 Å². The fraction of sp³-hybridized carbons (Fsp3) is 0. The average Bonchev–Trinajstić information content (AvgIpc) is 1.88. The number of benzene rings is 1. The van der Waals surface area contributed by atoms with Crippen molar-refractivity contribution < 1.29 is 0 Å². The van der Waals surface area contributed by atoms with Gasteiger partial charge in [-0.2, -0.15) is 0 Å². The molecule has 62 valence electrons. The van der Waals surface area contributed by atoms with E-state index in [1.165, 1.54) is 0 Å². The topological polar surface area (TPSA) is 0 Å². The number of hydrogen-bond donors (Lipinski definition) is 0. The zero-order valence-corrected chi connectivity index (χ0v) is 9.34. The van der Waals surface area contributed by atoms with Gasteiger partial charge < -0.3 is 0 Å². The molecule has 0 aliphatic rings. The lowest BCUT2D eigenvalue weighted by molar-refractivity contribution is 1.71. The van der Waals surface area contributed by atoms with Crippen LogP contribution >= 0.6 is 53.0 Å². The van der Waals surface area contributed by atoms with Crippen molar-refractivity contribution in [2.45, 2.75) is 0 Å². The Morgan fingerprint density at radius 3 is 1.55 bits per heavy atom. The first-order chi connectivity index (χ1) is 5.20. The van der Waals surface area contributed by atoms with Crippen LogP contribution in [0.4, 0.5) is 0 Å². The van der Waals surface area contributed by atoms with Crippen molar-refractivity contribution in [3.8, 4) is 0 Å². The molecule has 0 saturated carbocycles. The summed E-state index contributed by atoms with van der Waals surface area (Å²) >= 11 is 20.7. The fourth-order valence-corrected chi connectivity index (χ4v) is 0.896. The molecular weight excluding hydrogens is 245 g/mol. The highest BCUT2D eigenvalue weighted by Crippen LogP contribution is 2.19. The molecule has 0 spiro atoms. The summed E-state index contributed by atoms with van der Waals surface area (Å²) in [6.45, 7) is 0. The summed E-state index contributed by atoms with van der Waals surface area (Å²) in [7, 11) is 0.0278. The van der Waals surface area contributed by atoms with Gasteiger partial charge in [0.25, 0.3) is 0 Å². The first-order valence-corrected chi connectivity index (χ1v) is 6.36. The lowest BCUT2D eigenvalue weighted by Crippen LogP contribution is -1.61. The Morgan fingerprint density at radius 2 is 1.36 bits per heavy atom. The van der Waals surface area contributed by atoms with Crippen molar-refractivity contribution in [3.63, 3.8) is 0 Å². The van der Waals surface area contributed by atoms with Gasteiger partial charge in [0, 0.05) is 10.0 Å². The van der Waals surface area contributed by atoms with Crippen LogP contribution in [0.2, 0.25) is 10.0 Å². The van der Waals surface area contributed by atoms with E-state index in [1.54, 1.807) is 18.2 Å². The Hall–Kier alpha value is 0.810. The molecule has 0 aliphatic heterocycles. The predicted octanol–water partition coefficient (Wildman–Crippen LogP) is 4.97. The second kappa shape index (κ2) is 7.46. The monoisotopic (exact) mass is 248 g/mol. The van der Waals surface area contributed by atoms with Crippen LogP contribution in [-0.4, -0.2) is 0 Å². The molecule has 0 saturated heterocycles. The Morgan fingerprint density at radius 1 is 1.00 bits per heavy atom. The van der Waals surface area contributed by atoms with Crippen LogP contribution in [0.15, 0.2) is 24.3 Å².